The molecule has 5 nitrogen and oxygen atoms in total. The molecule has 2 aliphatic heterocycles. The number of thiazole rings is 1. The lowest BCUT2D eigenvalue weighted by Gasteiger charge is -2.37. The minimum Gasteiger partial charge on any atom is -0.339 e. The van der Waals surface area contributed by atoms with Crippen LogP contribution < -0.4 is 0 Å². The Balaban J connectivity index is 1.30. The number of aryl methyl sites for hydroxylation is 1. The van der Waals surface area contributed by atoms with E-state index in [-0.39, 0.29) is 6.04 Å². The van der Waals surface area contributed by atoms with Crippen LogP contribution in [0.25, 0.3) is 0 Å². The molecule has 2 aromatic rings. The second-order valence-corrected chi connectivity index (χ2v) is 8.64. The van der Waals surface area contributed by atoms with Crippen LogP contribution in [0.1, 0.15) is 29.1 Å². The summed E-state index contributed by atoms with van der Waals surface area (Å²) in [7, 11) is 0. The van der Waals surface area contributed by atoms with Gasteiger partial charge in [-0.25, -0.2) is 4.98 Å². The summed E-state index contributed by atoms with van der Waals surface area (Å²) >= 11 is 1.71. The Morgan fingerprint density at radius 2 is 1.89 bits per heavy atom. The standard InChI is InChI=1S/C21H28N4OS/c1-17-22-19(16-27-17)15-23-10-12-24(13-11-23)21(26)20-8-5-9-25(20)14-18-6-3-2-4-7-18/h2-4,6-7,16,20H,5,8-15H2,1H3. The third-order valence-corrected chi connectivity index (χ3v) is 6.44. The van der Waals surface area contributed by atoms with Crippen molar-refractivity contribution in [3.63, 3.8) is 0 Å². The van der Waals surface area contributed by atoms with E-state index in [1.807, 2.05) is 13.0 Å². The Hall–Kier alpha value is -1.76. The first-order chi connectivity index (χ1) is 13.2. The molecule has 1 aromatic heterocycles. The van der Waals surface area contributed by atoms with Crippen LogP contribution in [0.2, 0.25) is 0 Å². The molecule has 2 saturated heterocycles. The van der Waals surface area contributed by atoms with E-state index in [2.05, 4.69) is 49.3 Å². The van der Waals surface area contributed by atoms with Crippen LogP contribution in [-0.4, -0.2) is 64.4 Å². The first-order valence-corrected chi connectivity index (χ1v) is 10.8. The third kappa shape index (κ3) is 4.57. The maximum absolute atomic E-state index is 13.1. The van der Waals surface area contributed by atoms with Crippen molar-refractivity contribution in [2.24, 2.45) is 0 Å². The number of nitrogens with zero attached hydrogens (tertiary/aromatic N) is 4. The van der Waals surface area contributed by atoms with Gasteiger partial charge in [0.05, 0.1) is 16.7 Å². The maximum atomic E-state index is 13.1. The van der Waals surface area contributed by atoms with Crippen LogP contribution in [-0.2, 0) is 17.9 Å². The predicted octanol–water partition coefficient (Wildman–Crippen LogP) is 2.76. The molecule has 0 aliphatic carbocycles. The first kappa shape index (κ1) is 18.6. The molecule has 144 valence electrons. The minimum atomic E-state index is 0.0537. The third-order valence-electron chi connectivity index (χ3n) is 5.61. The average Bonchev–Trinajstić information content (AvgIpc) is 3.31. The number of carbonyl (C=O) groups is 1. The molecule has 6 heteroatoms. The van der Waals surface area contributed by atoms with E-state index in [9.17, 15) is 4.79 Å². The Morgan fingerprint density at radius 1 is 1.11 bits per heavy atom. The lowest BCUT2D eigenvalue weighted by molar-refractivity contribution is -0.138. The van der Waals surface area contributed by atoms with Crippen molar-refractivity contribution in [3.8, 4) is 0 Å². The summed E-state index contributed by atoms with van der Waals surface area (Å²) in [5.41, 5.74) is 2.45. The molecule has 2 fully saturated rings. The van der Waals surface area contributed by atoms with E-state index in [0.717, 1.165) is 69.4 Å². The van der Waals surface area contributed by atoms with Crippen LogP contribution in [0.4, 0.5) is 0 Å². The van der Waals surface area contributed by atoms with Gasteiger partial charge in [0.15, 0.2) is 0 Å². The fourth-order valence-corrected chi connectivity index (χ4v) is 4.76. The van der Waals surface area contributed by atoms with Crippen LogP contribution >= 0.6 is 11.3 Å². The van der Waals surface area contributed by atoms with Crippen LogP contribution in [0.3, 0.4) is 0 Å². The zero-order chi connectivity index (χ0) is 18.6. The highest BCUT2D eigenvalue weighted by atomic mass is 32.1. The van der Waals surface area contributed by atoms with Gasteiger partial charge in [-0.05, 0) is 31.9 Å². The van der Waals surface area contributed by atoms with Gasteiger partial charge in [0.1, 0.15) is 0 Å². The molecule has 4 rings (SSSR count). The lowest BCUT2D eigenvalue weighted by Crippen LogP contribution is -2.53. The van der Waals surface area contributed by atoms with Crippen molar-refractivity contribution in [1.29, 1.82) is 0 Å². The normalized spacial score (nSPS) is 21.7. The number of benzene rings is 1. The van der Waals surface area contributed by atoms with Gasteiger partial charge in [-0.2, -0.15) is 0 Å². The summed E-state index contributed by atoms with van der Waals surface area (Å²) in [5.74, 6) is 0.326. The van der Waals surface area contributed by atoms with Gasteiger partial charge in [0.2, 0.25) is 5.91 Å². The highest BCUT2D eigenvalue weighted by molar-refractivity contribution is 7.09. The molecule has 0 bridgehead atoms. The van der Waals surface area contributed by atoms with E-state index in [0.29, 0.717) is 5.91 Å². The Labute approximate surface area is 165 Å². The highest BCUT2D eigenvalue weighted by Gasteiger charge is 2.34. The number of carbonyl (C=O) groups excluding carboxylic acids is 1. The molecule has 3 heterocycles. The van der Waals surface area contributed by atoms with Crippen molar-refractivity contribution in [2.75, 3.05) is 32.7 Å². The zero-order valence-electron chi connectivity index (χ0n) is 16.0. The number of aromatic nitrogens is 1. The number of piperazine rings is 1. The molecule has 0 radical (unpaired) electrons. The van der Waals surface area contributed by atoms with Crippen LogP contribution in [0.5, 0.6) is 0 Å². The van der Waals surface area contributed by atoms with Gasteiger partial charge in [0.25, 0.3) is 0 Å². The summed E-state index contributed by atoms with van der Waals surface area (Å²) in [6.07, 6.45) is 2.11. The van der Waals surface area contributed by atoms with E-state index in [1.165, 1.54) is 5.56 Å². The molecule has 1 unspecified atom stereocenters. The number of likely N-dealkylation sites (tertiary alicyclic amines) is 1. The molecular formula is C21H28N4OS. The van der Waals surface area contributed by atoms with Crippen molar-refractivity contribution in [3.05, 3.63) is 52.0 Å². The quantitative estimate of drug-likeness (QED) is 0.795. The van der Waals surface area contributed by atoms with Crippen LogP contribution in [0.15, 0.2) is 35.7 Å². The van der Waals surface area contributed by atoms with E-state index in [4.69, 9.17) is 0 Å². The maximum Gasteiger partial charge on any atom is 0.240 e. The SMILES string of the molecule is Cc1nc(CN2CCN(C(=O)C3CCCN3Cc3ccccc3)CC2)cs1. The molecule has 0 saturated carbocycles. The first-order valence-electron chi connectivity index (χ1n) is 9.89. The second kappa shape index (κ2) is 8.50. The zero-order valence-corrected chi connectivity index (χ0v) is 16.8. The molecule has 1 amide bonds. The fraction of sp³-hybridized carbons (Fsp3) is 0.524. The van der Waals surface area contributed by atoms with Crippen molar-refractivity contribution in [2.45, 2.75) is 38.9 Å². The van der Waals surface area contributed by atoms with Crippen molar-refractivity contribution >= 4 is 17.2 Å². The van der Waals surface area contributed by atoms with Gasteiger partial charge in [-0.3, -0.25) is 14.6 Å². The predicted molar refractivity (Wildman–Crippen MR) is 109 cm³/mol. The summed E-state index contributed by atoms with van der Waals surface area (Å²) in [5, 5.41) is 3.27. The molecule has 0 N–H and O–H groups in total. The highest BCUT2D eigenvalue weighted by Crippen LogP contribution is 2.23. The molecule has 1 atom stereocenters. The molecular weight excluding hydrogens is 356 g/mol. The molecule has 1 aromatic carbocycles. The smallest absolute Gasteiger partial charge is 0.240 e. The topological polar surface area (TPSA) is 39.7 Å². The summed E-state index contributed by atoms with van der Waals surface area (Å²) in [6.45, 7) is 8.38. The Bertz CT molecular complexity index is 755. The summed E-state index contributed by atoms with van der Waals surface area (Å²) in [4.78, 5) is 24.5. The van der Waals surface area contributed by atoms with Gasteiger partial charge in [-0.1, -0.05) is 30.3 Å². The fourth-order valence-electron chi connectivity index (χ4n) is 4.16. The largest absolute Gasteiger partial charge is 0.339 e. The van der Waals surface area contributed by atoms with Gasteiger partial charge in [-0.15, -0.1) is 11.3 Å². The number of hydrogen-bond donors (Lipinski definition) is 0. The summed E-state index contributed by atoms with van der Waals surface area (Å²) in [6, 6.07) is 10.6. The number of rotatable bonds is 5. The van der Waals surface area contributed by atoms with Crippen molar-refractivity contribution in [1.82, 2.24) is 19.7 Å². The minimum absolute atomic E-state index is 0.0537. The van der Waals surface area contributed by atoms with E-state index in [1.54, 1.807) is 11.3 Å². The molecule has 2 aliphatic rings. The van der Waals surface area contributed by atoms with Crippen LogP contribution in [0, 0.1) is 6.92 Å². The molecule has 27 heavy (non-hydrogen) atoms. The second-order valence-electron chi connectivity index (χ2n) is 7.57. The Morgan fingerprint density at radius 3 is 2.59 bits per heavy atom. The van der Waals surface area contributed by atoms with Gasteiger partial charge in [0, 0.05) is 44.6 Å². The van der Waals surface area contributed by atoms with E-state index < -0.39 is 0 Å². The Kier molecular flexibility index (Phi) is 5.86. The number of amides is 1. The lowest BCUT2D eigenvalue weighted by atomic mass is 10.1. The number of hydrogen-bond acceptors (Lipinski definition) is 5. The van der Waals surface area contributed by atoms with Gasteiger partial charge < -0.3 is 4.90 Å². The van der Waals surface area contributed by atoms with Gasteiger partial charge >= 0.3 is 0 Å². The van der Waals surface area contributed by atoms with E-state index >= 15 is 0 Å². The summed E-state index contributed by atoms with van der Waals surface area (Å²) < 4.78 is 0. The average molecular weight is 385 g/mol. The van der Waals surface area contributed by atoms with Crippen molar-refractivity contribution < 1.29 is 4.79 Å². The molecule has 0 spiro atoms. The monoisotopic (exact) mass is 384 g/mol.